The van der Waals surface area contributed by atoms with E-state index in [1.54, 1.807) is 7.11 Å². The summed E-state index contributed by atoms with van der Waals surface area (Å²) in [5.74, 6) is 3.44. The van der Waals surface area contributed by atoms with Crippen LogP contribution in [0.25, 0.3) is 0 Å². The van der Waals surface area contributed by atoms with Crippen LogP contribution in [0.15, 0.2) is 24.3 Å². The maximum absolute atomic E-state index is 11.1. The summed E-state index contributed by atoms with van der Waals surface area (Å²) in [5, 5.41) is 11.1. The highest BCUT2D eigenvalue weighted by Gasteiger charge is 2.54. The molecule has 0 amide bonds. The van der Waals surface area contributed by atoms with E-state index in [-0.39, 0.29) is 11.5 Å². The van der Waals surface area contributed by atoms with Gasteiger partial charge < -0.3 is 9.84 Å². The van der Waals surface area contributed by atoms with Crippen molar-refractivity contribution in [2.75, 3.05) is 7.11 Å². The summed E-state index contributed by atoms with van der Waals surface area (Å²) in [4.78, 5) is 0. The highest BCUT2D eigenvalue weighted by atomic mass is 16.5. The van der Waals surface area contributed by atoms with E-state index in [0.717, 1.165) is 29.1 Å². The number of methoxy groups -OCH3 is 1. The van der Waals surface area contributed by atoms with Crippen molar-refractivity contribution in [1.29, 1.82) is 0 Å². The molecule has 5 rings (SSSR count). The standard InChI is InChI=1S/C18H24O2/c1-20-16-5-3-2-4-15(16)17(19)18-9-12-6-13(10-18)8-14(7-12)11-18/h2-5,12-14,17,19H,6-11H2,1H3/t12?,13?,14?,17-,18?/m1/s1. The van der Waals surface area contributed by atoms with Crippen LogP contribution in [-0.2, 0) is 0 Å². The molecule has 4 fully saturated rings. The first-order valence-corrected chi connectivity index (χ1v) is 8.01. The molecule has 0 heterocycles. The lowest BCUT2D eigenvalue weighted by atomic mass is 9.47. The average Bonchev–Trinajstić information content (AvgIpc) is 2.45. The predicted molar refractivity (Wildman–Crippen MR) is 78.6 cm³/mol. The fourth-order valence-corrected chi connectivity index (χ4v) is 5.73. The first kappa shape index (κ1) is 12.7. The summed E-state index contributed by atoms with van der Waals surface area (Å²) in [6.07, 6.45) is 7.55. The van der Waals surface area contributed by atoms with Crippen LogP contribution in [0.4, 0.5) is 0 Å². The molecule has 1 N–H and O–H groups in total. The number of hydrogen-bond acceptors (Lipinski definition) is 2. The van der Waals surface area contributed by atoms with E-state index < -0.39 is 0 Å². The van der Waals surface area contributed by atoms with E-state index >= 15 is 0 Å². The lowest BCUT2D eigenvalue weighted by Gasteiger charge is -2.58. The Morgan fingerprint density at radius 3 is 2.15 bits per heavy atom. The molecule has 1 atom stereocenters. The zero-order chi connectivity index (χ0) is 13.7. The van der Waals surface area contributed by atoms with Crippen LogP contribution in [0, 0.1) is 23.2 Å². The van der Waals surface area contributed by atoms with Gasteiger partial charge in [0.05, 0.1) is 13.2 Å². The molecule has 0 aromatic heterocycles. The van der Waals surface area contributed by atoms with Crippen LogP contribution < -0.4 is 4.74 Å². The second-order valence-corrected chi connectivity index (χ2v) is 7.42. The van der Waals surface area contributed by atoms with Crippen molar-refractivity contribution in [2.24, 2.45) is 23.2 Å². The van der Waals surface area contributed by atoms with Gasteiger partial charge in [-0.25, -0.2) is 0 Å². The quantitative estimate of drug-likeness (QED) is 0.903. The van der Waals surface area contributed by atoms with Gasteiger partial charge in [-0.05, 0) is 62.3 Å². The molecule has 1 aromatic rings. The van der Waals surface area contributed by atoms with E-state index in [1.807, 2.05) is 24.3 Å². The number of rotatable bonds is 3. The molecule has 1 aromatic carbocycles. The molecule has 0 aliphatic heterocycles. The van der Waals surface area contributed by atoms with Crippen molar-refractivity contribution in [3.8, 4) is 5.75 Å². The van der Waals surface area contributed by atoms with Crippen molar-refractivity contribution in [3.05, 3.63) is 29.8 Å². The minimum absolute atomic E-state index is 0.128. The van der Waals surface area contributed by atoms with Gasteiger partial charge in [0, 0.05) is 11.0 Å². The molecule has 108 valence electrons. The van der Waals surface area contributed by atoms with E-state index in [1.165, 1.54) is 38.5 Å². The fraction of sp³-hybridized carbons (Fsp3) is 0.667. The van der Waals surface area contributed by atoms with Gasteiger partial charge in [-0.1, -0.05) is 18.2 Å². The van der Waals surface area contributed by atoms with Crippen LogP contribution in [-0.4, -0.2) is 12.2 Å². The molecule has 2 nitrogen and oxygen atoms in total. The molecule has 4 aliphatic rings. The van der Waals surface area contributed by atoms with Crippen molar-refractivity contribution in [3.63, 3.8) is 0 Å². The summed E-state index contributed by atoms with van der Waals surface area (Å²) in [5.41, 5.74) is 1.13. The molecule has 0 unspecified atom stereocenters. The van der Waals surface area contributed by atoms with Gasteiger partial charge in [0.15, 0.2) is 0 Å². The Kier molecular flexibility index (Phi) is 2.85. The lowest BCUT2D eigenvalue weighted by Crippen LogP contribution is -2.48. The second-order valence-electron chi connectivity index (χ2n) is 7.42. The summed E-state index contributed by atoms with van der Waals surface area (Å²) >= 11 is 0. The summed E-state index contributed by atoms with van der Waals surface area (Å²) in [6, 6.07) is 8.01. The summed E-state index contributed by atoms with van der Waals surface area (Å²) in [6.45, 7) is 0. The maximum Gasteiger partial charge on any atom is 0.124 e. The second kappa shape index (κ2) is 4.49. The normalized spacial score (nSPS) is 39.8. The maximum atomic E-state index is 11.1. The molecular weight excluding hydrogens is 248 g/mol. The van der Waals surface area contributed by atoms with Crippen molar-refractivity contribution in [2.45, 2.75) is 44.6 Å². The Hall–Kier alpha value is -1.02. The molecule has 4 aliphatic carbocycles. The van der Waals surface area contributed by atoms with Gasteiger partial charge in [0.25, 0.3) is 0 Å². The molecule has 4 saturated carbocycles. The van der Waals surface area contributed by atoms with E-state index in [2.05, 4.69) is 0 Å². The Balaban J connectivity index is 1.69. The van der Waals surface area contributed by atoms with E-state index in [4.69, 9.17) is 4.74 Å². The SMILES string of the molecule is COc1ccccc1[C@@H](O)C12CC3CC(CC(C3)C1)C2. The third-order valence-corrected chi connectivity index (χ3v) is 6.10. The number of aliphatic hydroxyl groups is 1. The first-order valence-electron chi connectivity index (χ1n) is 8.01. The molecular formula is C18H24O2. The third kappa shape index (κ3) is 1.81. The smallest absolute Gasteiger partial charge is 0.124 e. The molecule has 20 heavy (non-hydrogen) atoms. The van der Waals surface area contributed by atoms with Gasteiger partial charge in [-0.3, -0.25) is 0 Å². The van der Waals surface area contributed by atoms with E-state index in [9.17, 15) is 5.11 Å². The van der Waals surface area contributed by atoms with Crippen LogP contribution in [0.1, 0.15) is 50.2 Å². The number of para-hydroxylation sites is 1. The number of hydrogen-bond donors (Lipinski definition) is 1. The van der Waals surface area contributed by atoms with Gasteiger partial charge >= 0.3 is 0 Å². The van der Waals surface area contributed by atoms with Crippen molar-refractivity contribution in [1.82, 2.24) is 0 Å². The van der Waals surface area contributed by atoms with Crippen LogP contribution in [0.5, 0.6) is 5.75 Å². The fourth-order valence-electron chi connectivity index (χ4n) is 5.73. The van der Waals surface area contributed by atoms with Crippen molar-refractivity contribution >= 4 is 0 Å². The van der Waals surface area contributed by atoms with Crippen LogP contribution in [0.3, 0.4) is 0 Å². The molecule has 4 bridgehead atoms. The Morgan fingerprint density at radius 1 is 1.05 bits per heavy atom. The van der Waals surface area contributed by atoms with Gasteiger partial charge in [0.2, 0.25) is 0 Å². The highest BCUT2D eigenvalue weighted by Crippen LogP contribution is 2.64. The molecule has 2 heteroatoms. The Morgan fingerprint density at radius 2 is 1.60 bits per heavy atom. The van der Waals surface area contributed by atoms with Crippen molar-refractivity contribution < 1.29 is 9.84 Å². The zero-order valence-electron chi connectivity index (χ0n) is 12.2. The topological polar surface area (TPSA) is 29.5 Å². The average molecular weight is 272 g/mol. The lowest BCUT2D eigenvalue weighted by molar-refractivity contribution is -0.122. The molecule has 0 spiro atoms. The predicted octanol–water partition coefficient (Wildman–Crippen LogP) is 3.95. The number of benzene rings is 1. The summed E-state index contributed by atoms with van der Waals surface area (Å²) in [7, 11) is 1.70. The number of ether oxygens (including phenoxy) is 1. The first-order chi connectivity index (χ1) is 9.70. The zero-order valence-corrected chi connectivity index (χ0v) is 12.2. The molecule has 0 saturated heterocycles. The largest absolute Gasteiger partial charge is 0.496 e. The molecule has 0 radical (unpaired) electrons. The highest BCUT2D eigenvalue weighted by molar-refractivity contribution is 5.36. The van der Waals surface area contributed by atoms with Gasteiger partial charge in [-0.15, -0.1) is 0 Å². The third-order valence-electron chi connectivity index (χ3n) is 6.10. The minimum atomic E-state index is -0.355. The number of aliphatic hydroxyl groups excluding tert-OH is 1. The van der Waals surface area contributed by atoms with Crippen LogP contribution in [0.2, 0.25) is 0 Å². The van der Waals surface area contributed by atoms with Crippen LogP contribution >= 0.6 is 0 Å². The van der Waals surface area contributed by atoms with E-state index in [0.29, 0.717) is 0 Å². The van der Waals surface area contributed by atoms with Gasteiger partial charge in [-0.2, -0.15) is 0 Å². The summed E-state index contributed by atoms with van der Waals surface area (Å²) < 4.78 is 5.47. The van der Waals surface area contributed by atoms with Gasteiger partial charge in [0.1, 0.15) is 5.75 Å². The Labute approximate surface area is 121 Å². The Bertz CT molecular complexity index is 473. The minimum Gasteiger partial charge on any atom is -0.496 e. The monoisotopic (exact) mass is 272 g/mol.